The first-order valence-electron chi connectivity index (χ1n) is 23.6. The predicted molar refractivity (Wildman–Crippen MR) is 230 cm³/mol. The molecule has 4 heteroatoms. The lowest BCUT2D eigenvalue weighted by Gasteiger charge is -2.19. The van der Waals surface area contributed by atoms with Crippen LogP contribution >= 0.6 is 0 Å². The Morgan fingerprint density at radius 1 is 0.442 bits per heavy atom. The molecule has 0 aliphatic rings. The summed E-state index contributed by atoms with van der Waals surface area (Å²) in [5.74, 6) is -0.0700. The lowest BCUT2D eigenvalue weighted by Crippen LogP contribution is -2.45. The Labute approximate surface area is 326 Å². The van der Waals surface area contributed by atoms with Gasteiger partial charge in [-0.2, -0.15) is 0 Å². The number of amides is 1. The maximum Gasteiger partial charge on any atom is 0.220 e. The molecule has 0 fully saturated rings. The number of rotatable bonds is 43. The summed E-state index contributed by atoms with van der Waals surface area (Å²) in [7, 11) is 0. The van der Waals surface area contributed by atoms with Crippen molar-refractivity contribution < 1.29 is 15.0 Å². The van der Waals surface area contributed by atoms with Crippen molar-refractivity contribution in [1.29, 1.82) is 0 Å². The molecule has 0 saturated heterocycles. The molecule has 0 aliphatic carbocycles. The van der Waals surface area contributed by atoms with Crippen LogP contribution in [0.2, 0.25) is 0 Å². The molecule has 0 aromatic rings. The van der Waals surface area contributed by atoms with Gasteiger partial charge in [0.05, 0.1) is 18.8 Å². The van der Waals surface area contributed by atoms with Gasteiger partial charge in [-0.05, 0) is 32.1 Å². The monoisotopic (exact) mass is 732 g/mol. The third-order valence-corrected chi connectivity index (χ3v) is 10.9. The Balaban J connectivity index is 3.55. The molecular formula is C48H93NO3. The van der Waals surface area contributed by atoms with Gasteiger partial charge < -0.3 is 15.5 Å². The molecule has 0 bridgehead atoms. The van der Waals surface area contributed by atoms with Crippen LogP contribution in [0.25, 0.3) is 0 Å². The van der Waals surface area contributed by atoms with Gasteiger partial charge in [0.1, 0.15) is 0 Å². The Bertz CT molecular complexity index is 750. The fourth-order valence-corrected chi connectivity index (χ4v) is 7.31. The van der Waals surface area contributed by atoms with E-state index >= 15 is 0 Å². The summed E-state index contributed by atoms with van der Waals surface area (Å²) < 4.78 is 0. The normalized spacial score (nSPS) is 13.1. The van der Waals surface area contributed by atoms with Crippen molar-refractivity contribution in [3.63, 3.8) is 0 Å². The van der Waals surface area contributed by atoms with Gasteiger partial charge >= 0.3 is 0 Å². The summed E-state index contributed by atoms with van der Waals surface area (Å²) >= 11 is 0. The molecular weight excluding hydrogens is 639 g/mol. The lowest BCUT2D eigenvalue weighted by molar-refractivity contribution is -0.123. The van der Waals surface area contributed by atoms with Crippen LogP contribution < -0.4 is 5.32 Å². The summed E-state index contributed by atoms with van der Waals surface area (Å²) in [6, 6.07) is -0.634. The molecule has 0 heterocycles. The molecule has 4 nitrogen and oxygen atoms in total. The van der Waals surface area contributed by atoms with Crippen molar-refractivity contribution in [3.05, 3.63) is 24.3 Å². The van der Waals surface area contributed by atoms with Gasteiger partial charge in [-0.1, -0.05) is 244 Å². The highest BCUT2D eigenvalue weighted by molar-refractivity contribution is 5.76. The molecule has 2 atom stereocenters. The fraction of sp³-hybridized carbons (Fsp3) is 0.896. The highest BCUT2D eigenvalue weighted by Crippen LogP contribution is 2.16. The molecule has 0 saturated carbocycles. The zero-order valence-corrected chi connectivity index (χ0v) is 35.3. The van der Waals surface area contributed by atoms with Gasteiger partial charge in [-0.3, -0.25) is 4.79 Å². The number of hydrogen-bond donors (Lipinski definition) is 3. The van der Waals surface area contributed by atoms with E-state index in [1.165, 1.54) is 205 Å². The maximum absolute atomic E-state index is 12.4. The summed E-state index contributed by atoms with van der Waals surface area (Å²) in [5, 5.41) is 23.0. The van der Waals surface area contributed by atoms with Crippen molar-refractivity contribution in [1.82, 2.24) is 5.32 Å². The standard InChI is InChI=1S/C48H93NO3/c1-3-5-7-9-11-13-15-17-19-21-22-23-24-25-26-27-28-29-31-33-35-37-39-41-43-47(51)46(45-50)49-48(52)44-42-40-38-36-34-32-30-20-18-16-14-12-10-8-6-4-2/h33,35,41,43,46-47,50-51H,3-32,34,36-40,42,44-45H2,1-2H3,(H,49,52)/b35-33+,43-41+. The molecule has 0 radical (unpaired) electrons. The number of aliphatic hydroxyl groups is 2. The highest BCUT2D eigenvalue weighted by atomic mass is 16.3. The third kappa shape index (κ3) is 40.1. The zero-order valence-electron chi connectivity index (χ0n) is 35.3. The second-order valence-electron chi connectivity index (χ2n) is 16.2. The van der Waals surface area contributed by atoms with E-state index in [1.54, 1.807) is 6.08 Å². The molecule has 0 aliphatic heterocycles. The van der Waals surface area contributed by atoms with E-state index < -0.39 is 12.1 Å². The van der Waals surface area contributed by atoms with Crippen LogP contribution in [0.15, 0.2) is 24.3 Å². The largest absolute Gasteiger partial charge is 0.394 e. The van der Waals surface area contributed by atoms with Crippen molar-refractivity contribution >= 4 is 5.91 Å². The minimum atomic E-state index is -0.858. The smallest absolute Gasteiger partial charge is 0.220 e. The second-order valence-corrected chi connectivity index (χ2v) is 16.2. The average molecular weight is 732 g/mol. The summed E-state index contributed by atoms with van der Waals surface area (Å²) in [4.78, 5) is 12.4. The number of nitrogens with one attached hydrogen (secondary N) is 1. The van der Waals surface area contributed by atoms with Gasteiger partial charge in [0.2, 0.25) is 5.91 Å². The Kier molecular flexibility index (Phi) is 43.3. The molecule has 2 unspecified atom stereocenters. The van der Waals surface area contributed by atoms with Crippen LogP contribution in [0.3, 0.4) is 0 Å². The number of hydrogen-bond acceptors (Lipinski definition) is 3. The van der Waals surface area contributed by atoms with E-state index in [-0.39, 0.29) is 12.5 Å². The summed E-state index contributed by atoms with van der Waals surface area (Å²) in [5.41, 5.74) is 0. The lowest BCUT2D eigenvalue weighted by atomic mass is 10.0. The number of carbonyl (C=O) groups is 1. The Hall–Kier alpha value is -1.13. The first-order valence-corrected chi connectivity index (χ1v) is 23.6. The SMILES string of the molecule is CCCCCCCCCCCCCCCCCCCC/C=C/CC/C=C/C(O)C(CO)NC(=O)CCCCCCCCCCCCCCCCCC. The van der Waals surface area contributed by atoms with Crippen LogP contribution in [0.1, 0.15) is 258 Å². The van der Waals surface area contributed by atoms with Crippen molar-refractivity contribution in [3.8, 4) is 0 Å². The fourth-order valence-electron chi connectivity index (χ4n) is 7.31. The molecule has 0 spiro atoms. The summed E-state index contributed by atoms with van der Waals surface area (Å²) in [6.07, 6.45) is 57.3. The number of unbranched alkanes of at least 4 members (excludes halogenated alkanes) is 34. The van der Waals surface area contributed by atoms with Crippen molar-refractivity contribution in [2.24, 2.45) is 0 Å². The zero-order chi connectivity index (χ0) is 37.8. The molecule has 0 aromatic heterocycles. The van der Waals surface area contributed by atoms with E-state index in [4.69, 9.17) is 0 Å². The minimum Gasteiger partial charge on any atom is -0.394 e. The first-order chi connectivity index (χ1) is 25.7. The van der Waals surface area contributed by atoms with E-state index in [9.17, 15) is 15.0 Å². The molecule has 52 heavy (non-hydrogen) atoms. The third-order valence-electron chi connectivity index (χ3n) is 10.9. The first kappa shape index (κ1) is 50.9. The molecule has 0 aromatic carbocycles. The Morgan fingerprint density at radius 2 is 0.750 bits per heavy atom. The van der Waals surface area contributed by atoms with Crippen LogP contribution in [0.4, 0.5) is 0 Å². The van der Waals surface area contributed by atoms with Crippen LogP contribution in [0, 0.1) is 0 Å². The second kappa shape index (κ2) is 44.3. The van der Waals surface area contributed by atoms with Gasteiger partial charge in [0, 0.05) is 6.42 Å². The molecule has 1 amide bonds. The van der Waals surface area contributed by atoms with Gasteiger partial charge in [-0.25, -0.2) is 0 Å². The van der Waals surface area contributed by atoms with E-state index in [1.807, 2.05) is 6.08 Å². The van der Waals surface area contributed by atoms with E-state index in [0.717, 1.165) is 32.1 Å². The topological polar surface area (TPSA) is 69.6 Å². The van der Waals surface area contributed by atoms with Crippen molar-refractivity contribution in [2.75, 3.05) is 6.61 Å². The van der Waals surface area contributed by atoms with Crippen LogP contribution in [-0.2, 0) is 4.79 Å². The molecule has 308 valence electrons. The Morgan fingerprint density at radius 3 is 1.12 bits per heavy atom. The average Bonchev–Trinajstić information content (AvgIpc) is 3.15. The highest BCUT2D eigenvalue weighted by Gasteiger charge is 2.17. The van der Waals surface area contributed by atoms with Gasteiger partial charge in [0.15, 0.2) is 0 Å². The van der Waals surface area contributed by atoms with Gasteiger partial charge in [-0.15, -0.1) is 0 Å². The van der Waals surface area contributed by atoms with Crippen LogP contribution in [-0.4, -0.2) is 34.9 Å². The molecule has 3 N–H and O–H groups in total. The quantitative estimate of drug-likeness (QED) is 0.0432. The van der Waals surface area contributed by atoms with Gasteiger partial charge in [0.25, 0.3) is 0 Å². The molecule has 0 rings (SSSR count). The number of aliphatic hydroxyl groups excluding tert-OH is 2. The van der Waals surface area contributed by atoms with Crippen molar-refractivity contribution in [2.45, 2.75) is 270 Å². The summed E-state index contributed by atoms with van der Waals surface area (Å²) in [6.45, 7) is 4.32. The van der Waals surface area contributed by atoms with E-state index in [0.29, 0.717) is 6.42 Å². The van der Waals surface area contributed by atoms with E-state index in [2.05, 4.69) is 31.3 Å². The number of carbonyl (C=O) groups excluding carboxylic acids is 1. The maximum atomic E-state index is 12.4. The van der Waals surface area contributed by atoms with Crippen LogP contribution in [0.5, 0.6) is 0 Å². The predicted octanol–water partition coefficient (Wildman–Crippen LogP) is 14.8. The number of allylic oxidation sites excluding steroid dienone is 3. The minimum absolute atomic E-state index is 0.0700.